The van der Waals surface area contributed by atoms with Crippen LogP contribution in [0.5, 0.6) is 0 Å². The zero-order valence-electron chi connectivity index (χ0n) is 18.5. The second kappa shape index (κ2) is 9.30. The van der Waals surface area contributed by atoms with Gasteiger partial charge in [0.05, 0.1) is 10.6 Å². The molecular formula is C25H25N3O2S2. The van der Waals surface area contributed by atoms with Crippen molar-refractivity contribution in [1.29, 1.82) is 0 Å². The molecule has 0 saturated heterocycles. The van der Waals surface area contributed by atoms with Crippen LogP contribution < -0.4 is 10.9 Å². The monoisotopic (exact) mass is 463 g/mol. The fourth-order valence-electron chi connectivity index (χ4n) is 3.59. The van der Waals surface area contributed by atoms with Crippen molar-refractivity contribution in [2.45, 2.75) is 44.6 Å². The summed E-state index contributed by atoms with van der Waals surface area (Å²) in [5, 5.41) is 3.89. The van der Waals surface area contributed by atoms with Crippen LogP contribution in [-0.2, 0) is 11.3 Å². The van der Waals surface area contributed by atoms with E-state index in [4.69, 9.17) is 4.98 Å². The number of fused-ring (bicyclic) bond motifs is 1. The molecule has 0 aliphatic heterocycles. The number of carbonyl (C=O) groups is 1. The lowest BCUT2D eigenvalue weighted by Gasteiger charge is -2.16. The Balaban J connectivity index is 1.61. The first-order chi connectivity index (χ1) is 15.4. The van der Waals surface area contributed by atoms with E-state index < -0.39 is 5.25 Å². The minimum Gasteiger partial charge on any atom is -0.325 e. The van der Waals surface area contributed by atoms with Crippen molar-refractivity contribution in [3.63, 3.8) is 0 Å². The third-order valence-electron chi connectivity index (χ3n) is 5.49. The maximum Gasteiger partial charge on any atom is 0.263 e. The van der Waals surface area contributed by atoms with Crippen molar-refractivity contribution in [3.8, 4) is 11.1 Å². The average molecular weight is 464 g/mol. The summed E-state index contributed by atoms with van der Waals surface area (Å²) in [6, 6.07) is 17.7. The molecule has 7 heteroatoms. The maximum atomic E-state index is 13.1. The van der Waals surface area contributed by atoms with Gasteiger partial charge in [-0.3, -0.25) is 14.2 Å². The van der Waals surface area contributed by atoms with Crippen molar-refractivity contribution in [2.75, 3.05) is 5.32 Å². The SMILES string of the molecule is CCn1c(SC(C)C(=O)Nc2ccccc2-c2ccccc2)nc2sc(C)c(C)c2c1=O. The molecule has 0 bridgehead atoms. The largest absolute Gasteiger partial charge is 0.325 e. The van der Waals surface area contributed by atoms with Crippen LogP contribution in [0.1, 0.15) is 24.3 Å². The maximum absolute atomic E-state index is 13.1. The number of aryl methyl sites for hydroxylation is 2. The van der Waals surface area contributed by atoms with E-state index in [2.05, 4.69) is 5.32 Å². The van der Waals surface area contributed by atoms with Gasteiger partial charge in [0.15, 0.2) is 5.16 Å². The number of carbonyl (C=O) groups excluding carboxylic acids is 1. The third kappa shape index (κ3) is 4.23. The molecule has 1 atom stereocenters. The van der Waals surface area contributed by atoms with Crippen LogP contribution in [0.4, 0.5) is 5.69 Å². The summed E-state index contributed by atoms with van der Waals surface area (Å²) in [5.74, 6) is -0.131. The van der Waals surface area contributed by atoms with Gasteiger partial charge in [0.2, 0.25) is 5.91 Å². The number of nitrogens with one attached hydrogen (secondary N) is 1. The third-order valence-corrected chi connectivity index (χ3v) is 7.68. The highest BCUT2D eigenvalue weighted by Crippen LogP contribution is 2.31. The normalized spacial score (nSPS) is 12.1. The number of thiophene rings is 1. The average Bonchev–Trinajstić information content (AvgIpc) is 3.08. The lowest BCUT2D eigenvalue weighted by atomic mass is 10.0. The summed E-state index contributed by atoms with van der Waals surface area (Å²) in [6.45, 7) is 8.24. The number of hydrogen-bond acceptors (Lipinski definition) is 5. The lowest BCUT2D eigenvalue weighted by molar-refractivity contribution is -0.115. The number of thioether (sulfide) groups is 1. The highest BCUT2D eigenvalue weighted by atomic mass is 32.2. The topological polar surface area (TPSA) is 64.0 Å². The molecule has 5 nitrogen and oxygen atoms in total. The summed E-state index contributed by atoms with van der Waals surface area (Å²) >= 11 is 2.84. The number of hydrogen-bond donors (Lipinski definition) is 1. The van der Waals surface area contributed by atoms with E-state index in [1.807, 2.05) is 82.3 Å². The molecule has 1 amide bonds. The van der Waals surface area contributed by atoms with Gasteiger partial charge in [-0.1, -0.05) is 60.3 Å². The first-order valence-electron chi connectivity index (χ1n) is 10.5. The van der Waals surface area contributed by atoms with Crippen molar-refractivity contribution >= 4 is 44.9 Å². The Morgan fingerprint density at radius 1 is 1.12 bits per heavy atom. The molecule has 0 aliphatic carbocycles. The molecule has 2 aromatic carbocycles. The fourth-order valence-corrected chi connectivity index (χ4v) is 5.63. The van der Waals surface area contributed by atoms with Crippen molar-refractivity contribution in [2.24, 2.45) is 0 Å². The number of para-hydroxylation sites is 1. The van der Waals surface area contributed by atoms with Crippen LogP contribution in [-0.4, -0.2) is 20.7 Å². The van der Waals surface area contributed by atoms with Gasteiger partial charge >= 0.3 is 0 Å². The highest BCUT2D eigenvalue weighted by Gasteiger charge is 2.21. The molecule has 0 radical (unpaired) electrons. The number of nitrogens with zero attached hydrogens (tertiary/aromatic N) is 2. The minimum atomic E-state index is -0.428. The molecule has 0 aliphatic rings. The van der Waals surface area contributed by atoms with Gasteiger partial charge in [0, 0.05) is 22.7 Å². The first kappa shape index (κ1) is 22.3. The van der Waals surface area contributed by atoms with Crippen molar-refractivity contribution in [3.05, 3.63) is 75.4 Å². The Morgan fingerprint density at radius 3 is 2.53 bits per heavy atom. The zero-order chi connectivity index (χ0) is 22.8. The quantitative estimate of drug-likeness (QED) is 0.286. The van der Waals surface area contributed by atoms with E-state index in [-0.39, 0.29) is 11.5 Å². The molecule has 1 N–H and O–H groups in total. The Hall–Kier alpha value is -2.90. The zero-order valence-corrected chi connectivity index (χ0v) is 20.1. The summed E-state index contributed by atoms with van der Waals surface area (Å²) in [7, 11) is 0. The molecule has 0 fully saturated rings. The summed E-state index contributed by atoms with van der Waals surface area (Å²) in [5.41, 5.74) is 3.72. The minimum absolute atomic E-state index is 0.0381. The van der Waals surface area contributed by atoms with Gasteiger partial charge in [-0.25, -0.2) is 4.98 Å². The molecule has 1 unspecified atom stereocenters. The predicted molar refractivity (Wildman–Crippen MR) is 135 cm³/mol. The Morgan fingerprint density at radius 2 is 1.81 bits per heavy atom. The van der Waals surface area contributed by atoms with E-state index in [0.29, 0.717) is 17.1 Å². The van der Waals surface area contributed by atoms with Crippen molar-refractivity contribution < 1.29 is 4.79 Å². The van der Waals surface area contributed by atoms with E-state index in [9.17, 15) is 9.59 Å². The molecule has 164 valence electrons. The smallest absolute Gasteiger partial charge is 0.263 e. The van der Waals surface area contributed by atoms with Gasteiger partial charge in [0.25, 0.3) is 5.56 Å². The molecular weight excluding hydrogens is 438 g/mol. The first-order valence-corrected chi connectivity index (χ1v) is 12.2. The number of anilines is 1. The summed E-state index contributed by atoms with van der Waals surface area (Å²) < 4.78 is 1.66. The molecule has 2 heterocycles. The Kier molecular flexibility index (Phi) is 6.48. The van der Waals surface area contributed by atoms with Gasteiger partial charge in [-0.05, 0) is 44.9 Å². The van der Waals surface area contributed by atoms with E-state index >= 15 is 0 Å². The van der Waals surface area contributed by atoms with E-state index in [1.165, 1.54) is 23.1 Å². The van der Waals surface area contributed by atoms with Crippen LogP contribution in [0.25, 0.3) is 21.3 Å². The molecule has 4 rings (SSSR count). The van der Waals surface area contributed by atoms with Gasteiger partial charge < -0.3 is 5.32 Å². The van der Waals surface area contributed by atoms with Crippen LogP contribution in [0.3, 0.4) is 0 Å². The number of benzene rings is 2. The Bertz CT molecular complexity index is 1340. The van der Waals surface area contributed by atoms with E-state index in [0.717, 1.165) is 32.1 Å². The molecule has 2 aromatic heterocycles. The lowest BCUT2D eigenvalue weighted by Crippen LogP contribution is -2.26. The van der Waals surface area contributed by atoms with Crippen LogP contribution in [0.15, 0.2) is 64.5 Å². The van der Waals surface area contributed by atoms with Crippen LogP contribution in [0.2, 0.25) is 0 Å². The second-order valence-electron chi connectivity index (χ2n) is 7.57. The fraction of sp³-hybridized carbons (Fsp3) is 0.240. The summed E-state index contributed by atoms with van der Waals surface area (Å²) in [6.07, 6.45) is 0. The van der Waals surface area contributed by atoms with E-state index in [1.54, 1.807) is 4.57 Å². The van der Waals surface area contributed by atoms with Crippen LogP contribution >= 0.6 is 23.1 Å². The molecule has 32 heavy (non-hydrogen) atoms. The number of amides is 1. The Labute approximate surface area is 195 Å². The van der Waals surface area contributed by atoms with Gasteiger partial charge in [-0.15, -0.1) is 11.3 Å². The number of aromatic nitrogens is 2. The highest BCUT2D eigenvalue weighted by molar-refractivity contribution is 8.00. The summed E-state index contributed by atoms with van der Waals surface area (Å²) in [4.78, 5) is 32.7. The van der Waals surface area contributed by atoms with Gasteiger partial charge in [0.1, 0.15) is 4.83 Å². The molecule has 0 saturated carbocycles. The molecule has 0 spiro atoms. The second-order valence-corrected chi connectivity index (χ2v) is 10.1. The standard InChI is InChI=1S/C25H25N3O2S2/c1-5-28-24(30)21-15(2)16(3)31-23(21)27-25(28)32-17(4)22(29)26-20-14-10-9-13-19(20)18-11-7-6-8-12-18/h6-14,17H,5H2,1-4H3,(H,26,29). The van der Waals surface area contributed by atoms with Gasteiger partial charge in [-0.2, -0.15) is 0 Å². The predicted octanol–water partition coefficient (Wildman–Crippen LogP) is 5.88. The molecule has 4 aromatic rings. The van der Waals surface area contributed by atoms with Crippen molar-refractivity contribution in [1.82, 2.24) is 9.55 Å². The number of rotatable bonds is 6. The van der Waals surface area contributed by atoms with Crippen LogP contribution in [0, 0.1) is 13.8 Å².